The molecule has 1 amide bonds. The number of thioether (sulfide) groups is 1. The maximum Gasteiger partial charge on any atom is 0.227 e. The van der Waals surface area contributed by atoms with Crippen LogP contribution in [0.15, 0.2) is 23.4 Å². The Morgan fingerprint density at radius 1 is 1.52 bits per heavy atom. The van der Waals surface area contributed by atoms with Gasteiger partial charge in [0.1, 0.15) is 11.6 Å². The van der Waals surface area contributed by atoms with Crippen LogP contribution in [0.25, 0.3) is 0 Å². The summed E-state index contributed by atoms with van der Waals surface area (Å²) in [5, 5.41) is 8.93. The van der Waals surface area contributed by atoms with E-state index in [4.69, 9.17) is 22.1 Å². The molecule has 1 heterocycles. The van der Waals surface area contributed by atoms with Crippen LogP contribution in [0.3, 0.4) is 0 Å². The summed E-state index contributed by atoms with van der Waals surface area (Å²) < 4.78 is 20.6. The molecule has 1 unspecified atom stereocenters. The molecule has 0 aliphatic carbocycles. The molecular formula is C14H16ClFN4O2S. The number of primary amides is 1. The van der Waals surface area contributed by atoms with E-state index in [1.54, 1.807) is 6.92 Å². The molecule has 0 aliphatic heterocycles. The van der Waals surface area contributed by atoms with E-state index in [0.717, 1.165) is 0 Å². The van der Waals surface area contributed by atoms with Crippen molar-refractivity contribution in [2.45, 2.75) is 31.7 Å². The Morgan fingerprint density at radius 3 is 2.87 bits per heavy atom. The summed E-state index contributed by atoms with van der Waals surface area (Å²) >= 11 is 7.17. The number of halogens is 2. The number of nitrogens with two attached hydrogens (primary N) is 1. The Balaban J connectivity index is 2.18. The number of rotatable bonds is 7. The van der Waals surface area contributed by atoms with E-state index >= 15 is 0 Å². The van der Waals surface area contributed by atoms with E-state index in [-0.39, 0.29) is 10.8 Å². The third kappa shape index (κ3) is 4.35. The minimum atomic E-state index is -0.451. The number of ether oxygens (including phenoxy) is 1. The van der Waals surface area contributed by atoms with Gasteiger partial charge in [0.15, 0.2) is 17.1 Å². The van der Waals surface area contributed by atoms with Crippen molar-refractivity contribution in [3.63, 3.8) is 0 Å². The normalized spacial score (nSPS) is 12.2. The Morgan fingerprint density at radius 2 is 2.26 bits per heavy atom. The highest BCUT2D eigenvalue weighted by atomic mass is 35.5. The molecule has 0 saturated carbocycles. The van der Waals surface area contributed by atoms with E-state index in [0.29, 0.717) is 23.3 Å². The lowest BCUT2D eigenvalue weighted by atomic mass is 10.3. The highest BCUT2D eigenvalue weighted by Gasteiger charge is 2.20. The standard InChI is InChI=1S/C14H16ClFN4O2S/c1-3-20-13(18-19-14(20)23-7-12(17)21)8(2)22-11-5-4-9(16)6-10(11)15/h4-6,8H,3,7H2,1-2H3,(H2,17,21). The number of hydrogen-bond donors (Lipinski definition) is 1. The highest BCUT2D eigenvalue weighted by Crippen LogP contribution is 2.30. The number of hydrogen-bond acceptors (Lipinski definition) is 5. The van der Waals surface area contributed by atoms with Gasteiger partial charge in [0.2, 0.25) is 5.91 Å². The SMILES string of the molecule is CCn1c(SCC(N)=O)nnc1C(C)Oc1ccc(F)cc1Cl. The lowest BCUT2D eigenvalue weighted by Gasteiger charge is -2.16. The molecule has 0 fully saturated rings. The fourth-order valence-corrected chi connectivity index (χ4v) is 2.91. The summed E-state index contributed by atoms with van der Waals surface area (Å²) in [4.78, 5) is 10.9. The second-order valence-electron chi connectivity index (χ2n) is 4.67. The molecule has 0 bridgehead atoms. The number of aromatic nitrogens is 3. The van der Waals surface area contributed by atoms with Crippen LogP contribution in [-0.4, -0.2) is 26.4 Å². The molecule has 2 N–H and O–H groups in total. The molecule has 0 radical (unpaired) electrons. The van der Waals surface area contributed by atoms with Crippen LogP contribution in [0.4, 0.5) is 4.39 Å². The minimum absolute atomic E-state index is 0.122. The predicted octanol–water partition coefficient (Wildman–Crippen LogP) is 2.81. The summed E-state index contributed by atoms with van der Waals surface area (Å²) in [5.41, 5.74) is 5.14. The first kappa shape index (κ1) is 17.6. The molecule has 1 aromatic heterocycles. The molecule has 1 aromatic carbocycles. The van der Waals surface area contributed by atoms with Crippen LogP contribution in [0.5, 0.6) is 5.75 Å². The smallest absolute Gasteiger partial charge is 0.227 e. The summed E-state index contributed by atoms with van der Waals surface area (Å²) in [7, 11) is 0. The van der Waals surface area contributed by atoms with Crippen LogP contribution >= 0.6 is 23.4 Å². The Bertz CT molecular complexity index is 710. The molecule has 0 saturated heterocycles. The van der Waals surface area contributed by atoms with Crippen molar-refractivity contribution in [1.29, 1.82) is 0 Å². The lowest BCUT2D eigenvalue weighted by Crippen LogP contribution is -2.15. The second kappa shape index (κ2) is 7.65. The molecule has 0 aliphatic rings. The van der Waals surface area contributed by atoms with Gasteiger partial charge in [0.05, 0.1) is 10.8 Å². The zero-order chi connectivity index (χ0) is 17.0. The van der Waals surface area contributed by atoms with Gasteiger partial charge in [0.25, 0.3) is 0 Å². The number of carbonyl (C=O) groups is 1. The molecule has 6 nitrogen and oxygen atoms in total. The molecular weight excluding hydrogens is 343 g/mol. The van der Waals surface area contributed by atoms with Gasteiger partial charge in [-0.1, -0.05) is 23.4 Å². The molecule has 2 aromatic rings. The number of nitrogens with zero attached hydrogens (tertiary/aromatic N) is 3. The summed E-state index contributed by atoms with van der Waals surface area (Å²) in [6, 6.07) is 3.92. The Hall–Kier alpha value is -1.80. The minimum Gasteiger partial charge on any atom is -0.481 e. The van der Waals surface area contributed by atoms with E-state index in [1.807, 2.05) is 11.5 Å². The Labute approximate surface area is 142 Å². The predicted molar refractivity (Wildman–Crippen MR) is 86.1 cm³/mol. The van der Waals surface area contributed by atoms with Crippen molar-refractivity contribution in [2.24, 2.45) is 5.73 Å². The third-order valence-corrected chi connectivity index (χ3v) is 4.25. The number of carbonyl (C=O) groups excluding carboxylic acids is 1. The van der Waals surface area contributed by atoms with Crippen molar-refractivity contribution in [3.05, 3.63) is 34.9 Å². The number of benzene rings is 1. The van der Waals surface area contributed by atoms with Gasteiger partial charge in [-0.3, -0.25) is 4.79 Å². The largest absolute Gasteiger partial charge is 0.481 e. The zero-order valence-electron chi connectivity index (χ0n) is 12.6. The molecule has 9 heteroatoms. The average molecular weight is 359 g/mol. The first-order chi connectivity index (χ1) is 10.9. The average Bonchev–Trinajstić information content (AvgIpc) is 2.90. The molecule has 1 atom stereocenters. The fraction of sp³-hybridized carbons (Fsp3) is 0.357. The number of amides is 1. The van der Waals surface area contributed by atoms with E-state index in [9.17, 15) is 9.18 Å². The maximum atomic E-state index is 13.1. The second-order valence-corrected chi connectivity index (χ2v) is 6.02. The lowest BCUT2D eigenvalue weighted by molar-refractivity contribution is -0.115. The van der Waals surface area contributed by atoms with Crippen LogP contribution in [0, 0.1) is 5.82 Å². The van der Waals surface area contributed by atoms with Gasteiger partial charge >= 0.3 is 0 Å². The summed E-state index contributed by atoms with van der Waals surface area (Å²) in [6.07, 6.45) is -0.451. The zero-order valence-corrected chi connectivity index (χ0v) is 14.2. The summed E-state index contributed by atoms with van der Waals surface area (Å²) in [6.45, 7) is 4.32. The van der Waals surface area contributed by atoms with Crippen molar-refractivity contribution >= 4 is 29.3 Å². The fourth-order valence-electron chi connectivity index (χ4n) is 1.95. The van der Waals surface area contributed by atoms with Crippen LogP contribution in [0.2, 0.25) is 5.02 Å². The molecule has 2 rings (SSSR count). The quantitative estimate of drug-likeness (QED) is 0.769. The molecule has 124 valence electrons. The first-order valence-electron chi connectivity index (χ1n) is 6.88. The first-order valence-corrected chi connectivity index (χ1v) is 8.24. The van der Waals surface area contributed by atoms with Crippen molar-refractivity contribution in [1.82, 2.24) is 14.8 Å². The van der Waals surface area contributed by atoms with Gasteiger partial charge in [-0.25, -0.2) is 4.39 Å². The highest BCUT2D eigenvalue weighted by molar-refractivity contribution is 7.99. The van der Waals surface area contributed by atoms with Crippen molar-refractivity contribution < 1.29 is 13.9 Å². The van der Waals surface area contributed by atoms with E-state index in [2.05, 4.69) is 10.2 Å². The Kier molecular flexibility index (Phi) is 5.84. The third-order valence-electron chi connectivity index (χ3n) is 2.97. The van der Waals surface area contributed by atoms with Crippen LogP contribution < -0.4 is 10.5 Å². The van der Waals surface area contributed by atoms with Crippen molar-refractivity contribution in [3.8, 4) is 5.75 Å². The molecule has 0 spiro atoms. The maximum absolute atomic E-state index is 13.1. The van der Waals surface area contributed by atoms with Gasteiger partial charge in [0, 0.05) is 6.54 Å². The van der Waals surface area contributed by atoms with E-state index < -0.39 is 17.8 Å². The van der Waals surface area contributed by atoms with Gasteiger partial charge in [-0.2, -0.15) is 0 Å². The van der Waals surface area contributed by atoms with Crippen molar-refractivity contribution in [2.75, 3.05) is 5.75 Å². The summed E-state index contributed by atoms with van der Waals surface area (Å²) in [5.74, 6) is 0.204. The van der Waals surface area contributed by atoms with Gasteiger partial charge in [-0.15, -0.1) is 10.2 Å². The van der Waals surface area contributed by atoms with Crippen LogP contribution in [0.1, 0.15) is 25.8 Å². The van der Waals surface area contributed by atoms with E-state index in [1.165, 1.54) is 30.0 Å². The van der Waals surface area contributed by atoms with Gasteiger partial charge in [-0.05, 0) is 32.0 Å². The monoisotopic (exact) mass is 358 g/mol. The molecule has 23 heavy (non-hydrogen) atoms. The van der Waals surface area contributed by atoms with Gasteiger partial charge < -0.3 is 15.0 Å². The topological polar surface area (TPSA) is 83.0 Å². The van der Waals surface area contributed by atoms with Crippen LogP contribution in [-0.2, 0) is 11.3 Å².